The number of furan rings is 1. The monoisotopic (exact) mass is 375 g/mol. The Morgan fingerprint density at radius 2 is 1.74 bits per heavy atom. The number of rotatable bonds is 3. The Bertz CT molecular complexity index is 634. The Labute approximate surface area is 160 Å². The molecule has 0 saturated carbocycles. The van der Waals surface area contributed by atoms with E-state index >= 15 is 0 Å². The molecule has 7 nitrogen and oxygen atoms in total. The summed E-state index contributed by atoms with van der Waals surface area (Å²) in [6, 6.07) is 2.19. The van der Waals surface area contributed by atoms with Gasteiger partial charge in [0, 0.05) is 38.8 Å². The van der Waals surface area contributed by atoms with Crippen molar-refractivity contribution < 1.29 is 18.7 Å². The van der Waals surface area contributed by atoms with Crippen LogP contribution in [0.4, 0.5) is 0 Å². The van der Waals surface area contributed by atoms with Gasteiger partial charge in [0.1, 0.15) is 6.26 Å². The van der Waals surface area contributed by atoms with Gasteiger partial charge in [-0.05, 0) is 38.3 Å². The van der Waals surface area contributed by atoms with Crippen molar-refractivity contribution >= 4 is 11.8 Å². The number of hydrogen-bond donors (Lipinski definition) is 0. The molecule has 4 heterocycles. The van der Waals surface area contributed by atoms with Crippen LogP contribution in [0.5, 0.6) is 0 Å². The fourth-order valence-electron chi connectivity index (χ4n) is 4.58. The van der Waals surface area contributed by atoms with Gasteiger partial charge < -0.3 is 19.0 Å². The van der Waals surface area contributed by atoms with Crippen LogP contribution in [-0.2, 0) is 9.53 Å². The van der Waals surface area contributed by atoms with Crippen LogP contribution < -0.4 is 0 Å². The molecule has 1 aromatic heterocycles. The summed E-state index contributed by atoms with van der Waals surface area (Å²) < 4.78 is 10.4. The summed E-state index contributed by atoms with van der Waals surface area (Å²) in [5.41, 5.74) is 0.627. The second kappa shape index (κ2) is 8.44. The lowest BCUT2D eigenvalue weighted by atomic mass is 9.92. The molecular weight excluding hydrogens is 346 g/mol. The molecule has 3 aliphatic rings. The van der Waals surface area contributed by atoms with Gasteiger partial charge >= 0.3 is 0 Å². The van der Waals surface area contributed by atoms with Crippen molar-refractivity contribution in [3.05, 3.63) is 24.2 Å². The summed E-state index contributed by atoms with van der Waals surface area (Å²) in [5.74, 6) is 0.472. The molecule has 3 fully saturated rings. The van der Waals surface area contributed by atoms with Gasteiger partial charge in [-0.3, -0.25) is 14.5 Å². The summed E-state index contributed by atoms with van der Waals surface area (Å²) in [7, 11) is 0. The van der Waals surface area contributed by atoms with Crippen LogP contribution in [0.3, 0.4) is 0 Å². The highest BCUT2D eigenvalue weighted by atomic mass is 16.5. The molecule has 0 bridgehead atoms. The van der Waals surface area contributed by atoms with Crippen LogP contribution in [0.15, 0.2) is 23.0 Å². The molecule has 3 aliphatic heterocycles. The standard InChI is InChI=1S/C20H29N3O4/c24-19(22-9-12-26-13-10-22)16-2-1-6-23(14-16)18-3-7-21(8-4-18)20(25)17-5-11-27-15-17/h5,11,15-16,18H,1-4,6-10,12-14H2/t16-/m1/s1. The van der Waals surface area contributed by atoms with Gasteiger partial charge in [0.05, 0.1) is 31.0 Å². The Morgan fingerprint density at radius 3 is 2.44 bits per heavy atom. The second-order valence-corrected chi connectivity index (χ2v) is 7.81. The molecule has 0 aromatic carbocycles. The Morgan fingerprint density at radius 1 is 0.963 bits per heavy atom. The predicted octanol–water partition coefficient (Wildman–Crippen LogP) is 1.45. The first-order chi connectivity index (χ1) is 13.2. The van der Waals surface area contributed by atoms with Crippen molar-refractivity contribution in [1.29, 1.82) is 0 Å². The van der Waals surface area contributed by atoms with Crippen molar-refractivity contribution in [2.24, 2.45) is 5.92 Å². The van der Waals surface area contributed by atoms with E-state index in [0.717, 1.165) is 65.0 Å². The molecule has 148 valence electrons. The first kappa shape index (κ1) is 18.5. The minimum absolute atomic E-state index is 0.0567. The number of piperidine rings is 2. The third kappa shape index (κ3) is 4.19. The third-order valence-corrected chi connectivity index (χ3v) is 6.16. The number of nitrogens with zero attached hydrogens (tertiary/aromatic N) is 3. The van der Waals surface area contributed by atoms with E-state index in [2.05, 4.69) is 4.90 Å². The van der Waals surface area contributed by atoms with E-state index in [0.29, 0.717) is 30.7 Å². The molecule has 0 unspecified atom stereocenters. The highest BCUT2D eigenvalue weighted by molar-refractivity contribution is 5.93. The van der Waals surface area contributed by atoms with Crippen molar-refractivity contribution in [3.63, 3.8) is 0 Å². The fourth-order valence-corrected chi connectivity index (χ4v) is 4.58. The molecule has 1 aromatic rings. The number of likely N-dealkylation sites (tertiary alicyclic amines) is 2. The number of morpholine rings is 1. The van der Waals surface area contributed by atoms with Gasteiger partial charge in [-0.25, -0.2) is 0 Å². The second-order valence-electron chi connectivity index (χ2n) is 7.81. The minimum atomic E-state index is 0.0567. The van der Waals surface area contributed by atoms with Crippen LogP contribution in [0, 0.1) is 5.92 Å². The van der Waals surface area contributed by atoms with Crippen molar-refractivity contribution in [2.45, 2.75) is 31.7 Å². The molecular formula is C20H29N3O4. The van der Waals surface area contributed by atoms with Crippen LogP contribution >= 0.6 is 0 Å². The molecule has 3 saturated heterocycles. The van der Waals surface area contributed by atoms with Crippen molar-refractivity contribution in [2.75, 3.05) is 52.5 Å². The third-order valence-electron chi connectivity index (χ3n) is 6.16. The first-order valence-electron chi connectivity index (χ1n) is 10.1. The molecule has 2 amide bonds. The zero-order chi connectivity index (χ0) is 18.6. The minimum Gasteiger partial charge on any atom is -0.472 e. The van der Waals surface area contributed by atoms with Crippen LogP contribution in [-0.4, -0.2) is 85.0 Å². The van der Waals surface area contributed by atoms with Gasteiger partial charge in [-0.15, -0.1) is 0 Å². The van der Waals surface area contributed by atoms with Crippen LogP contribution in [0.2, 0.25) is 0 Å². The molecule has 0 spiro atoms. The molecule has 0 N–H and O–H groups in total. The van der Waals surface area contributed by atoms with E-state index in [9.17, 15) is 9.59 Å². The summed E-state index contributed by atoms with van der Waals surface area (Å²) in [6.07, 6.45) is 7.07. The van der Waals surface area contributed by atoms with Gasteiger partial charge in [0.25, 0.3) is 5.91 Å². The first-order valence-corrected chi connectivity index (χ1v) is 10.1. The number of carbonyl (C=O) groups is 2. The zero-order valence-corrected chi connectivity index (χ0v) is 15.8. The summed E-state index contributed by atoms with van der Waals surface area (Å²) in [5, 5.41) is 0. The molecule has 27 heavy (non-hydrogen) atoms. The normalized spacial score (nSPS) is 25.6. The van der Waals surface area contributed by atoms with E-state index in [1.165, 1.54) is 6.26 Å². The lowest BCUT2D eigenvalue weighted by molar-refractivity contribution is -0.141. The number of hydrogen-bond acceptors (Lipinski definition) is 5. The maximum absolute atomic E-state index is 12.8. The average Bonchev–Trinajstić information content (AvgIpc) is 3.28. The van der Waals surface area contributed by atoms with Gasteiger partial charge in [-0.1, -0.05) is 0 Å². The summed E-state index contributed by atoms with van der Waals surface area (Å²) in [6.45, 7) is 6.23. The lowest BCUT2D eigenvalue weighted by Crippen LogP contribution is -2.53. The summed E-state index contributed by atoms with van der Waals surface area (Å²) >= 11 is 0. The molecule has 7 heteroatoms. The molecule has 0 aliphatic carbocycles. The van der Waals surface area contributed by atoms with Gasteiger partial charge in [-0.2, -0.15) is 0 Å². The smallest absolute Gasteiger partial charge is 0.257 e. The zero-order valence-electron chi connectivity index (χ0n) is 15.8. The number of ether oxygens (including phenoxy) is 1. The molecule has 0 radical (unpaired) electrons. The van der Waals surface area contributed by atoms with E-state index in [-0.39, 0.29) is 11.8 Å². The highest BCUT2D eigenvalue weighted by Gasteiger charge is 2.34. The van der Waals surface area contributed by atoms with Crippen LogP contribution in [0.1, 0.15) is 36.0 Å². The number of carbonyl (C=O) groups excluding carboxylic acids is 2. The van der Waals surface area contributed by atoms with Gasteiger partial charge in [0.15, 0.2) is 0 Å². The molecule has 1 atom stereocenters. The maximum Gasteiger partial charge on any atom is 0.257 e. The summed E-state index contributed by atoms with van der Waals surface area (Å²) in [4.78, 5) is 31.7. The van der Waals surface area contributed by atoms with Crippen LogP contribution in [0.25, 0.3) is 0 Å². The lowest BCUT2D eigenvalue weighted by Gasteiger charge is -2.43. The quantitative estimate of drug-likeness (QED) is 0.800. The van der Waals surface area contributed by atoms with E-state index in [1.54, 1.807) is 12.3 Å². The Hall–Kier alpha value is -1.86. The Kier molecular flexibility index (Phi) is 5.78. The van der Waals surface area contributed by atoms with E-state index < -0.39 is 0 Å². The largest absolute Gasteiger partial charge is 0.472 e. The van der Waals surface area contributed by atoms with Crippen molar-refractivity contribution in [1.82, 2.24) is 14.7 Å². The SMILES string of the molecule is O=C(c1ccoc1)N1CCC(N2CCC[C@@H](C(=O)N3CCOCC3)C2)CC1. The fraction of sp³-hybridized carbons (Fsp3) is 0.700. The highest BCUT2D eigenvalue weighted by Crippen LogP contribution is 2.26. The van der Waals surface area contributed by atoms with E-state index in [4.69, 9.17) is 9.15 Å². The predicted molar refractivity (Wildman–Crippen MR) is 99.3 cm³/mol. The maximum atomic E-state index is 12.8. The Balaban J connectivity index is 1.29. The van der Waals surface area contributed by atoms with Crippen molar-refractivity contribution in [3.8, 4) is 0 Å². The number of amides is 2. The van der Waals surface area contributed by atoms with E-state index in [1.807, 2.05) is 9.80 Å². The van der Waals surface area contributed by atoms with Gasteiger partial charge in [0.2, 0.25) is 5.91 Å². The average molecular weight is 375 g/mol. The molecule has 4 rings (SSSR count). The topological polar surface area (TPSA) is 66.2 Å².